The number of pyridine rings is 1. The van der Waals surface area contributed by atoms with E-state index in [1.807, 2.05) is 19.9 Å². The first-order valence-corrected chi connectivity index (χ1v) is 6.66. The molecular weight excluding hydrogens is 222 g/mol. The van der Waals surface area contributed by atoms with Crippen molar-refractivity contribution >= 4 is 5.69 Å². The van der Waals surface area contributed by atoms with E-state index in [1.165, 1.54) is 6.42 Å². The van der Waals surface area contributed by atoms with Crippen LogP contribution >= 0.6 is 0 Å². The van der Waals surface area contributed by atoms with Crippen molar-refractivity contribution in [1.29, 1.82) is 5.26 Å². The van der Waals surface area contributed by atoms with Crippen LogP contribution in [-0.4, -0.2) is 18.1 Å². The van der Waals surface area contributed by atoms with Crippen LogP contribution in [0.1, 0.15) is 37.2 Å². The van der Waals surface area contributed by atoms with Gasteiger partial charge in [-0.25, -0.2) is 0 Å². The molecule has 0 bridgehead atoms. The third kappa shape index (κ3) is 2.33. The molecule has 18 heavy (non-hydrogen) atoms. The number of rotatable bonds is 2. The fraction of sp³-hybridized carbons (Fsp3) is 0.600. The number of nitrogens with zero attached hydrogens (tertiary/aromatic N) is 3. The van der Waals surface area contributed by atoms with E-state index >= 15 is 0 Å². The van der Waals surface area contributed by atoms with E-state index < -0.39 is 0 Å². The Morgan fingerprint density at radius 1 is 1.44 bits per heavy atom. The molecule has 1 aromatic rings. The van der Waals surface area contributed by atoms with Crippen LogP contribution in [0.4, 0.5) is 5.69 Å². The molecule has 3 nitrogen and oxygen atoms in total. The molecule has 1 aromatic heterocycles. The van der Waals surface area contributed by atoms with E-state index in [2.05, 4.69) is 29.8 Å². The number of nitriles is 1. The third-order valence-electron chi connectivity index (χ3n) is 3.93. The Labute approximate surface area is 109 Å². The zero-order valence-electron chi connectivity index (χ0n) is 11.7. The normalized spacial score (nSPS) is 19.3. The van der Waals surface area contributed by atoms with Crippen molar-refractivity contribution in [3.63, 3.8) is 0 Å². The molecule has 0 N–H and O–H groups in total. The van der Waals surface area contributed by atoms with Gasteiger partial charge in [0.05, 0.1) is 16.9 Å². The molecule has 0 aliphatic carbocycles. The Morgan fingerprint density at radius 3 is 2.72 bits per heavy atom. The van der Waals surface area contributed by atoms with Gasteiger partial charge in [-0.15, -0.1) is 0 Å². The molecule has 0 radical (unpaired) electrons. The maximum Gasteiger partial charge on any atom is 0.103 e. The van der Waals surface area contributed by atoms with Crippen LogP contribution in [-0.2, 0) is 0 Å². The Hall–Kier alpha value is -1.56. The van der Waals surface area contributed by atoms with Crippen molar-refractivity contribution in [3.05, 3.63) is 23.0 Å². The van der Waals surface area contributed by atoms with Crippen molar-refractivity contribution in [2.75, 3.05) is 18.0 Å². The van der Waals surface area contributed by atoms with Crippen LogP contribution in [0.2, 0.25) is 0 Å². The zero-order chi connectivity index (χ0) is 13.3. The summed E-state index contributed by atoms with van der Waals surface area (Å²) in [5, 5.41) is 9.31. The summed E-state index contributed by atoms with van der Waals surface area (Å²) in [6.07, 6.45) is 1.23. The first-order valence-electron chi connectivity index (χ1n) is 6.66. The fourth-order valence-corrected chi connectivity index (χ4v) is 2.75. The number of aromatic nitrogens is 1. The lowest BCUT2D eigenvalue weighted by atomic mass is 9.95. The summed E-state index contributed by atoms with van der Waals surface area (Å²) >= 11 is 0. The number of hydrogen-bond donors (Lipinski definition) is 0. The van der Waals surface area contributed by atoms with E-state index in [0.29, 0.717) is 5.92 Å². The van der Waals surface area contributed by atoms with Gasteiger partial charge >= 0.3 is 0 Å². The molecule has 1 aliphatic rings. The van der Waals surface area contributed by atoms with Gasteiger partial charge in [-0.05, 0) is 38.2 Å². The summed E-state index contributed by atoms with van der Waals surface area (Å²) in [4.78, 5) is 6.73. The smallest absolute Gasteiger partial charge is 0.103 e. The first kappa shape index (κ1) is 12.9. The van der Waals surface area contributed by atoms with Gasteiger partial charge < -0.3 is 4.90 Å². The highest BCUT2D eigenvalue weighted by molar-refractivity contribution is 5.62. The summed E-state index contributed by atoms with van der Waals surface area (Å²) in [6, 6.07) is 4.36. The van der Waals surface area contributed by atoms with Crippen LogP contribution in [0, 0.1) is 37.0 Å². The lowest BCUT2D eigenvalue weighted by Crippen LogP contribution is -2.22. The molecule has 1 atom stereocenters. The standard InChI is InChI=1S/C15H21N3/c1-10(2)13-5-6-18(9-13)15-7-11(3)17-12(4)14(15)8-16/h7,10,13H,5-6,9H2,1-4H3. The van der Waals surface area contributed by atoms with Crippen molar-refractivity contribution in [2.24, 2.45) is 11.8 Å². The van der Waals surface area contributed by atoms with Gasteiger partial charge in [0, 0.05) is 18.8 Å². The van der Waals surface area contributed by atoms with Gasteiger partial charge in [0.1, 0.15) is 6.07 Å². The quantitative estimate of drug-likeness (QED) is 0.801. The molecule has 1 fully saturated rings. The van der Waals surface area contributed by atoms with Gasteiger partial charge in [-0.2, -0.15) is 5.26 Å². The molecule has 2 heterocycles. The van der Waals surface area contributed by atoms with Crippen LogP contribution in [0.3, 0.4) is 0 Å². The topological polar surface area (TPSA) is 39.9 Å². The molecule has 2 rings (SSSR count). The Bertz CT molecular complexity index is 485. The molecule has 0 spiro atoms. The highest BCUT2D eigenvalue weighted by Gasteiger charge is 2.27. The molecule has 96 valence electrons. The van der Waals surface area contributed by atoms with E-state index in [0.717, 1.165) is 41.6 Å². The lowest BCUT2D eigenvalue weighted by Gasteiger charge is -2.22. The van der Waals surface area contributed by atoms with Crippen molar-refractivity contribution in [2.45, 2.75) is 34.1 Å². The zero-order valence-corrected chi connectivity index (χ0v) is 11.7. The third-order valence-corrected chi connectivity index (χ3v) is 3.93. The monoisotopic (exact) mass is 243 g/mol. The van der Waals surface area contributed by atoms with Crippen molar-refractivity contribution in [3.8, 4) is 6.07 Å². The van der Waals surface area contributed by atoms with Crippen molar-refractivity contribution < 1.29 is 0 Å². The predicted molar refractivity (Wildman–Crippen MR) is 73.6 cm³/mol. The number of aryl methyl sites for hydroxylation is 2. The minimum Gasteiger partial charge on any atom is -0.370 e. The second-order valence-corrected chi connectivity index (χ2v) is 5.59. The minimum absolute atomic E-state index is 0.713. The van der Waals surface area contributed by atoms with Crippen LogP contribution in [0.15, 0.2) is 6.07 Å². The van der Waals surface area contributed by atoms with E-state index in [9.17, 15) is 5.26 Å². The molecule has 1 saturated heterocycles. The van der Waals surface area contributed by atoms with Gasteiger partial charge in [-0.3, -0.25) is 4.98 Å². The summed E-state index contributed by atoms with van der Waals surface area (Å²) < 4.78 is 0. The van der Waals surface area contributed by atoms with Gasteiger partial charge in [-0.1, -0.05) is 13.8 Å². The maximum absolute atomic E-state index is 9.31. The largest absolute Gasteiger partial charge is 0.370 e. The molecule has 0 saturated carbocycles. The van der Waals surface area contributed by atoms with E-state index in [-0.39, 0.29) is 0 Å². The highest BCUT2D eigenvalue weighted by atomic mass is 15.2. The highest BCUT2D eigenvalue weighted by Crippen LogP contribution is 2.31. The summed E-state index contributed by atoms with van der Waals surface area (Å²) in [6.45, 7) is 10.6. The Balaban J connectivity index is 2.32. The SMILES string of the molecule is Cc1cc(N2CCC(C(C)C)C2)c(C#N)c(C)n1. The van der Waals surface area contributed by atoms with Gasteiger partial charge in [0.2, 0.25) is 0 Å². The van der Waals surface area contributed by atoms with Gasteiger partial charge in [0.25, 0.3) is 0 Å². The molecule has 1 aliphatic heterocycles. The van der Waals surface area contributed by atoms with Crippen LogP contribution in [0.5, 0.6) is 0 Å². The first-order chi connectivity index (χ1) is 8.52. The molecule has 3 heteroatoms. The second kappa shape index (κ2) is 4.97. The number of hydrogen-bond acceptors (Lipinski definition) is 3. The fourth-order valence-electron chi connectivity index (χ4n) is 2.75. The Kier molecular flexibility index (Phi) is 3.56. The lowest BCUT2D eigenvalue weighted by molar-refractivity contribution is 0.423. The summed E-state index contributed by atoms with van der Waals surface area (Å²) in [7, 11) is 0. The number of anilines is 1. The van der Waals surface area contributed by atoms with Crippen LogP contribution < -0.4 is 4.90 Å². The summed E-state index contributed by atoms with van der Waals surface area (Å²) in [5.74, 6) is 1.45. The Morgan fingerprint density at radius 2 is 2.17 bits per heavy atom. The van der Waals surface area contributed by atoms with Crippen molar-refractivity contribution in [1.82, 2.24) is 4.98 Å². The van der Waals surface area contributed by atoms with Crippen LogP contribution in [0.25, 0.3) is 0 Å². The molecule has 1 unspecified atom stereocenters. The average molecular weight is 243 g/mol. The predicted octanol–water partition coefficient (Wildman–Crippen LogP) is 3.05. The van der Waals surface area contributed by atoms with E-state index in [1.54, 1.807) is 0 Å². The average Bonchev–Trinajstić information content (AvgIpc) is 2.77. The van der Waals surface area contributed by atoms with Gasteiger partial charge in [0.15, 0.2) is 0 Å². The molecular formula is C15H21N3. The minimum atomic E-state index is 0.713. The molecule has 0 aromatic carbocycles. The molecule has 0 amide bonds. The summed E-state index contributed by atoms with van der Waals surface area (Å²) in [5.41, 5.74) is 3.66. The second-order valence-electron chi connectivity index (χ2n) is 5.59. The maximum atomic E-state index is 9.31. The van der Waals surface area contributed by atoms with E-state index in [4.69, 9.17) is 0 Å².